The highest BCUT2D eigenvalue weighted by atomic mass is 15.3. The molecule has 1 saturated heterocycles. The highest BCUT2D eigenvalue weighted by molar-refractivity contribution is 5.42. The summed E-state index contributed by atoms with van der Waals surface area (Å²) >= 11 is 0. The van der Waals surface area contributed by atoms with E-state index in [-0.39, 0.29) is 0 Å². The maximum absolute atomic E-state index is 2.34. The van der Waals surface area contributed by atoms with Crippen molar-refractivity contribution in [3.8, 4) is 0 Å². The fourth-order valence-electron chi connectivity index (χ4n) is 2.08. The summed E-state index contributed by atoms with van der Waals surface area (Å²) in [6, 6.07) is 10.8. The lowest BCUT2D eigenvalue weighted by atomic mass is 10.2. The molecule has 1 heteroatoms. The molecule has 0 aliphatic carbocycles. The van der Waals surface area contributed by atoms with E-state index >= 15 is 0 Å². The second-order valence-corrected chi connectivity index (χ2v) is 3.89. The van der Waals surface area contributed by atoms with Crippen LogP contribution in [0.15, 0.2) is 30.3 Å². The fraction of sp³-hybridized carbons (Fsp3) is 0.455. The Morgan fingerprint density at radius 2 is 1.58 bits per heavy atom. The van der Waals surface area contributed by atoms with Crippen LogP contribution in [0, 0.1) is 0 Å². The standard InChI is InChI=1S/C11H16N/c1-12(9-5-6-10-12)11-7-3-2-4-8-11/h2-4,7-8H,5-6,9-10H2,1H3/q+1. The fourth-order valence-corrected chi connectivity index (χ4v) is 2.08. The Kier molecular flexibility index (Phi) is 1.89. The van der Waals surface area contributed by atoms with Crippen LogP contribution in [0.2, 0.25) is 0 Å². The minimum atomic E-state index is 1.14. The Morgan fingerprint density at radius 1 is 1.00 bits per heavy atom. The second-order valence-electron chi connectivity index (χ2n) is 3.89. The third-order valence-electron chi connectivity index (χ3n) is 2.93. The summed E-state index contributed by atoms with van der Waals surface area (Å²) in [6.45, 7) is 2.62. The first kappa shape index (κ1) is 7.81. The monoisotopic (exact) mass is 162 g/mol. The van der Waals surface area contributed by atoms with Gasteiger partial charge in [0.05, 0.1) is 20.1 Å². The van der Waals surface area contributed by atoms with Crippen molar-refractivity contribution in [2.75, 3.05) is 20.1 Å². The SMILES string of the molecule is C[N+]1(c2ccccc2)CCCC1. The molecule has 0 unspecified atom stereocenters. The molecule has 0 atom stereocenters. The lowest BCUT2D eigenvalue weighted by Gasteiger charge is -2.28. The Bertz CT molecular complexity index is 247. The van der Waals surface area contributed by atoms with Crippen LogP contribution in [-0.4, -0.2) is 20.1 Å². The summed E-state index contributed by atoms with van der Waals surface area (Å²) in [7, 11) is 2.34. The van der Waals surface area contributed by atoms with Gasteiger partial charge in [-0.25, -0.2) is 0 Å². The van der Waals surface area contributed by atoms with Crippen molar-refractivity contribution in [3.05, 3.63) is 30.3 Å². The summed E-state index contributed by atoms with van der Waals surface area (Å²) in [4.78, 5) is 0. The van der Waals surface area contributed by atoms with Crippen LogP contribution in [-0.2, 0) is 0 Å². The molecule has 0 saturated carbocycles. The van der Waals surface area contributed by atoms with E-state index in [4.69, 9.17) is 0 Å². The molecule has 64 valence electrons. The van der Waals surface area contributed by atoms with E-state index < -0.39 is 0 Å². The van der Waals surface area contributed by atoms with E-state index in [0.29, 0.717) is 0 Å². The Labute approximate surface area is 74.2 Å². The van der Waals surface area contributed by atoms with Crippen LogP contribution in [0.3, 0.4) is 0 Å². The van der Waals surface area contributed by atoms with Crippen LogP contribution >= 0.6 is 0 Å². The molecule has 2 rings (SSSR count). The van der Waals surface area contributed by atoms with Gasteiger partial charge in [0.25, 0.3) is 0 Å². The molecule has 0 N–H and O–H groups in total. The smallest absolute Gasteiger partial charge is 0.132 e. The zero-order valence-corrected chi connectivity index (χ0v) is 7.66. The largest absolute Gasteiger partial charge is 0.294 e. The lowest BCUT2D eigenvalue weighted by molar-refractivity contribution is 0.406. The van der Waals surface area contributed by atoms with Gasteiger partial charge in [-0.15, -0.1) is 0 Å². The topological polar surface area (TPSA) is 0 Å². The number of benzene rings is 1. The second kappa shape index (κ2) is 2.91. The van der Waals surface area contributed by atoms with Crippen molar-refractivity contribution in [1.82, 2.24) is 4.48 Å². The molecule has 1 heterocycles. The van der Waals surface area contributed by atoms with E-state index in [1.807, 2.05) is 0 Å². The third-order valence-corrected chi connectivity index (χ3v) is 2.93. The first-order valence-corrected chi connectivity index (χ1v) is 4.71. The molecule has 0 aromatic heterocycles. The normalized spacial score (nSPS) is 21.1. The molecule has 1 aliphatic heterocycles. The van der Waals surface area contributed by atoms with Crippen molar-refractivity contribution in [2.24, 2.45) is 0 Å². The van der Waals surface area contributed by atoms with Crippen LogP contribution in [0.5, 0.6) is 0 Å². The van der Waals surface area contributed by atoms with Crippen molar-refractivity contribution in [1.29, 1.82) is 0 Å². The van der Waals surface area contributed by atoms with Gasteiger partial charge in [0, 0.05) is 12.8 Å². The maximum Gasteiger partial charge on any atom is 0.132 e. The molecule has 0 spiro atoms. The minimum absolute atomic E-state index is 1.14. The van der Waals surface area contributed by atoms with Gasteiger partial charge in [0.2, 0.25) is 0 Å². The highest BCUT2D eigenvalue weighted by Crippen LogP contribution is 2.26. The van der Waals surface area contributed by atoms with Crippen molar-refractivity contribution >= 4 is 5.69 Å². The van der Waals surface area contributed by atoms with Gasteiger partial charge in [-0.3, -0.25) is 4.48 Å². The van der Waals surface area contributed by atoms with Gasteiger partial charge in [-0.05, 0) is 12.1 Å². The Morgan fingerprint density at radius 3 is 2.17 bits per heavy atom. The molecule has 12 heavy (non-hydrogen) atoms. The Hall–Kier alpha value is -0.820. The average Bonchev–Trinajstić information content (AvgIpc) is 2.55. The van der Waals surface area contributed by atoms with Gasteiger partial charge in [0.15, 0.2) is 0 Å². The maximum atomic E-state index is 2.34. The van der Waals surface area contributed by atoms with Crippen LogP contribution in [0.4, 0.5) is 5.69 Å². The van der Waals surface area contributed by atoms with Crippen molar-refractivity contribution in [3.63, 3.8) is 0 Å². The van der Waals surface area contributed by atoms with Gasteiger partial charge in [0.1, 0.15) is 5.69 Å². The average molecular weight is 162 g/mol. The molecule has 1 nitrogen and oxygen atoms in total. The summed E-state index contributed by atoms with van der Waals surface area (Å²) < 4.78 is 1.14. The van der Waals surface area contributed by atoms with Crippen LogP contribution in [0.1, 0.15) is 12.8 Å². The van der Waals surface area contributed by atoms with E-state index in [0.717, 1.165) is 4.48 Å². The minimum Gasteiger partial charge on any atom is -0.294 e. The van der Waals surface area contributed by atoms with Gasteiger partial charge in [-0.2, -0.15) is 0 Å². The zero-order chi connectivity index (χ0) is 8.44. The quantitative estimate of drug-likeness (QED) is 0.556. The number of nitrogens with zero attached hydrogens (tertiary/aromatic N) is 1. The summed E-state index contributed by atoms with van der Waals surface area (Å²) in [5.74, 6) is 0. The number of para-hydroxylation sites is 1. The lowest BCUT2D eigenvalue weighted by Crippen LogP contribution is -2.41. The zero-order valence-electron chi connectivity index (χ0n) is 7.66. The third kappa shape index (κ3) is 1.25. The predicted octanol–water partition coefficient (Wildman–Crippen LogP) is 2.42. The number of rotatable bonds is 1. The van der Waals surface area contributed by atoms with Crippen molar-refractivity contribution in [2.45, 2.75) is 12.8 Å². The molecule has 0 amide bonds. The van der Waals surface area contributed by atoms with Crippen molar-refractivity contribution < 1.29 is 0 Å². The predicted molar refractivity (Wildman–Crippen MR) is 53.1 cm³/mol. The summed E-state index contributed by atoms with van der Waals surface area (Å²) in [5, 5.41) is 0. The number of hydrogen-bond acceptors (Lipinski definition) is 0. The molecule has 1 aromatic rings. The molecule has 1 fully saturated rings. The first-order valence-electron chi connectivity index (χ1n) is 4.71. The number of quaternary nitrogens is 1. The molecule has 0 bridgehead atoms. The number of hydrogen-bond donors (Lipinski definition) is 0. The molecule has 1 aliphatic rings. The van der Waals surface area contributed by atoms with E-state index in [1.165, 1.54) is 31.6 Å². The van der Waals surface area contributed by atoms with Crippen LogP contribution < -0.4 is 4.48 Å². The summed E-state index contributed by atoms with van der Waals surface area (Å²) in [6.07, 6.45) is 2.76. The molecule has 0 radical (unpaired) electrons. The van der Waals surface area contributed by atoms with Gasteiger partial charge < -0.3 is 0 Å². The van der Waals surface area contributed by atoms with E-state index in [9.17, 15) is 0 Å². The molecular weight excluding hydrogens is 146 g/mol. The molecular formula is C11H16N+. The van der Waals surface area contributed by atoms with Crippen LogP contribution in [0.25, 0.3) is 0 Å². The van der Waals surface area contributed by atoms with Gasteiger partial charge >= 0.3 is 0 Å². The molecule has 1 aromatic carbocycles. The Balaban J connectivity index is 2.29. The van der Waals surface area contributed by atoms with Gasteiger partial charge in [-0.1, -0.05) is 18.2 Å². The van der Waals surface area contributed by atoms with E-state index in [2.05, 4.69) is 37.4 Å². The summed E-state index contributed by atoms with van der Waals surface area (Å²) in [5.41, 5.74) is 1.47. The number of likely N-dealkylation sites (tertiary alicyclic amines) is 1. The highest BCUT2D eigenvalue weighted by Gasteiger charge is 2.28. The first-order chi connectivity index (χ1) is 5.81. The van der Waals surface area contributed by atoms with E-state index in [1.54, 1.807) is 0 Å².